The first-order valence-electron chi connectivity index (χ1n) is 27.4. The molecule has 91 heavy (non-hydrogen) atoms. The summed E-state index contributed by atoms with van der Waals surface area (Å²) in [6.07, 6.45) is 2.54. The van der Waals surface area contributed by atoms with Gasteiger partial charge >= 0.3 is 40.0 Å². The molecule has 1 atom stereocenters. The molecule has 0 aromatic heterocycles. The van der Waals surface area contributed by atoms with Crippen LogP contribution in [0.2, 0.25) is 15.1 Å². The Kier molecular flexibility index (Phi) is 22.2. The van der Waals surface area contributed by atoms with Crippen molar-refractivity contribution in [1.82, 2.24) is 0 Å². The lowest BCUT2D eigenvalue weighted by Gasteiger charge is -2.21. The van der Waals surface area contributed by atoms with E-state index in [0.717, 1.165) is 12.1 Å². The fraction of sp³-hybridized carbons (Fsp3) is 0.152. The van der Waals surface area contributed by atoms with E-state index in [2.05, 4.69) is 33.5 Å². The Morgan fingerprint density at radius 2 is 0.956 bits per heavy atom. The minimum atomic E-state index is -2.83. The van der Waals surface area contributed by atoms with Gasteiger partial charge in [-0.05, 0) is 122 Å². The van der Waals surface area contributed by atoms with E-state index in [4.69, 9.17) is 34.8 Å². The molecule has 0 bridgehead atoms. The van der Waals surface area contributed by atoms with Crippen molar-refractivity contribution < 1.29 is 67.1 Å². The van der Waals surface area contributed by atoms with Gasteiger partial charge in [0.15, 0.2) is 5.92 Å². The molecular weight excluding hydrogens is 1240 g/mol. The highest BCUT2D eigenvalue weighted by Gasteiger charge is 2.57. The third-order valence-corrected chi connectivity index (χ3v) is 16.6. The lowest BCUT2D eigenvalue weighted by Crippen LogP contribution is -2.41. The van der Waals surface area contributed by atoms with E-state index in [1.165, 1.54) is 134 Å². The van der Waals surface area contributed by atoms with Crippen LogP contribution in [-0.2, 0) is 19.3 Å². The van der Waals surface area contributed by atoms with Gasteiger partial charge in [-0.2, -0.15) is 33.5 Å². The molecule has 0 heterocycles. The molecule has 7 rings (SSSR count). The molecule has 0 fully saturated rings. The average Bonchev–Trinajstić information content (AvgIpc) is 0.719. The van der Waals surface area contributed by atoms with Crippen molar-refractivity contribution in [3.05, 3.63) is 276 Å². The molecule has 0 aliphatic carbocycles. The first-order chi connectivity index (χ1) is 43.7. The van der Waals surface area contributed by atoms with E-state index >= 15 is 28.8 Å². The molecule has 0 aliphatic heterocycles. The van der Waals surface area contributed by atoms with Crippen LogP contribution < -0.4 is 0 Å². The molecule has 21 nitrogen and oxygen atoms in total. The van der Waals surface area contributed by atoms with Gasteiger partial charge in [0.2, 0.25) is 0 Å². The second-order valence-corrected chi connectivity index (χ2v) is 22.0. The zero-order valence-electron chi connectivity index (χ0n) is 49.1. The van der Waals surface area contributed by atoms with E-state index in [-0.39, 0.29) is 55.4 Å². The number of aryl methyl sites for hydroxylation is 5. The summed E-state index contributed by atoms with van der Waals surface area (Å²) in [6.45, 7) is 8.12. The third kappa shape index (κ3) is 13.6. The van der Waals surface area contributed by atoms with Crippen molar-refractivity contribution in [2.45, 2.75) is 64.7 Å². The second kappa shape index (κ2) is 29.9. The van der Waals surface area contributed by atoms with Gasteiger partial charge in [-0.3, -0.25) is 33.6 Å². The van der Waals surface area contributed by atoms with Gasteiger partial charge in [0, 0.05) is 53.9 Å². The number of hydrogen-bond donors (Lipinski definition) is 0. The first-order valence-corrected chi connectivity index (χ1v) is 29.7. The predicted octanol–water partition coefficient (Wildman–Crippen LogP) is 12.0. The quantitative estimate of drug-likeness (QED) is 0.0174. The number of Topliss-reactive ketones (excluding diaryl/α,β-unsaturated/α-hetero) is 7. The predicted molar refractivity (Wildman–Crippen MR) is 340 cm³/mol. The summed E-state index contributed by atoms with van der Waals surface area (Å²) in [7, 11) is 0. The highest BCUT2D eigenvalue weighted by molar-refractivity contribution is 7.98. The van der Waals surface area contributed by atoms with Crippen LogP contribution in [0.5, 0.6) is 0 Å². The van der Waals surface area contributed by atoms with Crippen molar-refractivity contribution in [3.63, 3.8) is 0 Å². The van der Waals surface area contributed by atoms with Crippen molar-refractivity contribution in [1.29, 1.82) is 0 Å². The van der Waals surface area contributed by atoms with Crippen LogP contribution in [0.4, 0.5) is 0 Å². The minimum absolute atomic E-state index is 0.0504. The minimum Gasteiger partial charge on any atom is -0.361 e. The van der Waals surface area contributed by atoms with E-state index in [9.17, 15) is 43.5 Å². The van der Waals surface area contributed by atoms with Gasteiger partial charge in [0.1, 0.15) is 0 Å². The SMILES string of the molecule is CCc1ccc(C(=O)C(=[N+]=[N-])C(C(=[N+]=[N-])C(=O)c2cccc(CC)c2)c2c(C(=[N+]=[N-])C(=O)c3ccc(Cl)cc3C)c(Cl)c(C(=O)C(=[N+]=[N-])C(=[N+]=[N-])C(=O)c3ccc(SC)cc3)c(C(=[N+]=[N-])C(=O)c3ccccc3CC)c2C(=[N+]=[N-])C(=O)c2ccc(C)c(Cl)c2)cc1. The van der Waals surface area contributed by atoms with E-state index in [1.54, 1.807) is 40.0 Å². The summed E-state index contributed by atoms with van der Waals surface area (Å²) in [5, 5.41) is -1.36. The average molecular weight is 1290 g/mol. The van der Waals surface area contributed by atoms with Crippen LogP contribution in [0.25, 0.3) is 38.7 Å². The maximum absolute atomic E-state index is 16.3. The summed E-state index contributed by atoms with van der Waals surface area (Å²) in [5.41, 5.74) is 63.6. The second-order valence-electron chi connectivity index (χ2n) is 19.9. The van der Waals surface area contributed by atoms with Gasteiger partial charge in [0.05, 0.1) is 27.3 Å². The molecule has 7 aromatic rings. The smallest absolute Gasteiger partial charge is 0.361 e. The maximum atomic E-state index is 16.3. The van der Waals surface area contributed by atoms with Crippen molar-refractivity contribution in [2.75, 3.05) is 6.26 Å². The Balaban J connectivity index is 1.89. The number of ketones is 7. The van der Waals surface area contributed by atoms with Crippen LogP contribution in [-0.4, -0.2) is 120 Å². The number of halogens is 3. The molecule has 450 valence electrons. The summed E-state index contributed by atoms with van der Waals surface area (Å²) >= 11 is 22.0. The number of carbonyl (C=O) groups is 7. The van der Waals surface area contributed by atoms with E-state index in [1.807, 2.05) is 0 Å². The Bertz CT molecular complexity index is 4710. The Hall–Kier alpha value is -10.9. The monoisotopic (exact) mass is 1280 g/mol. The van der Waals surface area contributed by atoms with Gasteiger partial charge < -0.3 is 38.7 Å². The zero-order chi connectivity index (χ0) is 66.5. The van der Waals surface area contributed by atoms with Gasteiger partial charge in [-0.1, -0.05) is 134 Å². The summed E-state index contributed by atoms with van der Waals surface area (Å²) < 4.78 is 0. The lowest BCUT2D eigenvalue weighted by atomic mass is 9.72. The molecule has 1 unspecified atom stereocenters. The highest BCUT2D eigenvalue weighted by atomic mass is 35.5. The fourth-order valence-electron chi connectivity index (χ4n) is 10.0. The molecule has 0 amide bonds. The molecule has 0 N–H and O–H groups in total. The Labute approximate surface area is 538 Å². The Morgan fingerprint density at radius 1 is 0.429 bits per heavy atom. The van der Waals surface area contributed by atoms with Gasteiger partial charge in [0.25, 0.3) is 40.5 Å². The van der Waals surface area contributed by atoms with Crippen molar-refractivity contribution in [3.8, 4) is 0 Å². The maximum Gasteiger partial charge on any atom is 0.454 e. The molecule has 0 saturated heterocycles. The topological polar surface area (TPSA) is 374 Å². The number of nitrogens with zero attached hydrogens (tertiary/aromatic N) is 14. The molecule has 7 aromatic carbocycles. The molecule has 0 radical (unpaired) electrons. The molecule has 25 heteroatoms. The van der Waals surface area contributed by atoms with Crippen LogP contribution >= 0.6 is 46.6 Å². The standard InChI is InChI=1S/C66H47Cl3N14O7S/c1-7-34-18-21-37(22-19-34)60(84)56(80-73)51(57(81-74)62(86)39-15-12-13-35(8-2)30-39)46-47(53(77-70)63(87)40-20-17-32(4)45(68)31-40)48(54(78-71)65(89)44-16-11-10-14-36(44)9-3)50(52(69)49(46)55(79-72)64(88)43-28-25-41(67)29-33(43)5)66(90)59(83-76)58(82-75)61(85)38-23-26-42(91-6)27-24-38/h10-31,51H,7-9H2,1-6H3. The molecule has 0 spiro atoms. The van der Waals surface area contributed by atoms with Crippen LogP contribution in [0, 0.1) is 13.8 Å². The third-order valence-electron chi connectivity index (χ3n) is 14.8. The van der Waals surface area contributed by atoms with Crippen LogP contribution in [0.15, 0.2) is 138 Å². The van der Waals surface area contributed by atoms with E-state index in [0.29, 0.717) is 34.4 Å². The largest absolute Gasteiger partial charge is 0.454 e. The number of benzene rings is 7. The van der Waals surface area contributed by atoms with Gasteiger partial charge in [-0.25, -0.2) is 0 Å². The zero-order valence-corrected chi connectivity index (χ0v) is 52.1. The van der Waals surface area contributed by atoms with Gasteiger partial charge in [-0.15, -0.1) is 11.8 Å². The fourth-order valence-corrected chi connectivity index (χ4v) is 11.2. The molecule has 0 aliphatic rings. The highest BCUT2D eigenvalue weighted by Crippen LogP contribution is 2.42. The van der Waals surface area contributed by atoms with Crippen LogP contribution in [0.1, 0.15) is 149 Å². The molecule has 0 saturated carbocycles. The summed E-state index contributed by atoms with van der Waals surface area (Å²) in [4.78, 5) is 133. The van der Waals surface area contributed by atoms with Crippen molar-refractivity contribution in [2.24, 2.45) is 0 Å². The van der Waals surface area contributed by atoms with Crippen molar-refractivity contribution >= 4 is 127 Å². The number of carbonyl (C=O) groups excluding carboxylic acids is 7. The van der Waals surface area contributed by atoms with E-state index < -0.39 is 125 Å². The lowest BCUT2D eigenvalue weighted by molar-refractivity contribution is -0.0243. The number of rotatable bonds is 25. The normalized spacial score (nSPS) is 10.7. The van der Waals surface area contributed by atoms with Crippen LogP contribution in [0.3, 0.4) is 0 Å². The summed E-state index contributed by atoms with van der Waals surface area (Å²) in [6, 6.07) is 29.6. The molecular formula is C66H47Cl3N14O7S. The summed E-state index contributed by atoms with van der Waals surface area (Å²) in [5.74, 6) is -13.0. The first kappa shape index (κ1) is 67.6. The number of thioether (sulfide) groups is 1. The number of hydrogen-bond acceptors (Lipinski definition) is 8. The Morgan fingerprint density at radius 3 is 1.51 bits per heavy atom.